The second kappa shape index (κ2) is 4.73. The molecule has 3 nitrogen and oxygen atoms in total. The predicted molar refractivity (Wildman–Crippen MR) is 59.3 cm³/mol. The Hall–Kier alpha value is -0.930. The van der Waals surface area contributed by atoms with E-state index >= 15 is 0 Å². The fourth-order valence-electron chi connectivity index (χ4n) is 1.90. The second-order valence-electron chi connectivity index (χ2n) is 4.43. The van der Waals surface area contributed by atoms with Crippen molar-refractivity contribution in [2.45, 2.75) is 25.8 Å². The van der Waals surface area contributed by atoms with E-state index in [2.05, 4.69) is 10.3 Å². The van der Waals surface area contributed by atoms with E-state index < -0.39 is 0 Å². The van der Waals surface area contributed by atoms with Crippen LogP contribution < -0.4 is 5.32 Å². The van der Waals surface area contributed by atoms with E-state index in [4.69, 9.17) is 5.11 Å². The Labute approximate surface area is 90.5 Å². The van der Waals surface area contributed by atoms with Crippen molar-refractivity contribution in [3.8, 4) is 0 Å². The normalized spacial score (nSPS) is 17.7. The third kappa shape index (κ3) is 3.01. The van der Waals surface area contributed by atoms with E-state index in [1.807, 2.05) is 24.5 Å². The second-order valence-corrected chi connectivity index (χ2v) is 4.43. The van der Waals surface area contributed by atoms with Gasteiger partial charge in [0, 0.05) is 32.1 Å². The Morgan fingerprint density at radius 3 is 2.67 bits per heavy atom. The zero-order chi connectivity index (χ0) is 10.6. The summed E-state index contributed by atoms with van der Waals surface area (Å²) in [6.07, 6.45) is 7.10. The van der Waals surface area contributed by atoms with Crippen LogP contribution in [-0.4, -0.2) is 23.2 Å². The van der Waals surface area contributed by atoms with Gasteiger partial charge in [0.2, 0.25) is 0 Å². The average Bonchev–Trinajstić information content (AvgIpc) is 3.00. The highest BCUT2D eigenvalue weighted by atomic mass is 16.3. The van der Waals surface area contributed by atoms with E-state index in [9.17, 15) is 0 Å². The quantitative estimate of drug-likeness (QED) is 0.738. The van der Waals surface area contributed by atoms with Crippen molar-refractivity contribution in [3.05, 3.63) is 30.1 Å². The van der Waals surface area contributed by atoms with E-state index in [1.165, 1.54) is 18.4 Å². The van der Waals surface area contributed by atoms with Gasteiger partial charge in [-0.05, 0) is 42.4 Å². The Morgan fingerprint density at radius 1 is 1.33 bits per heavy atom. The predicted octanol–water partition coefficient (Wildman–Crippen LogP) is 1.33. The van der Waals surface area contributed by atoms with Crippen molar-refractivity contribution in [1.29, 1.82) is 0 Å². The molecular formula is C12H18N2O. The number of aromatic nitrogens is 1. The fraction of sp³-hybridized carbons (Fsp3) is 0.583. The molecule has 0 aromatic carbocycles. The summed E-state index contributed by atoms with van der Waals surface area (Å²) in [5, 5.41) is 12.4. The van der Waals surface area contributed by atoms with Gasteiger partial charge in [-0.3, -0.25) is 4.98 Å². The maximum Gasteiger partial charge on any atom is 0.0436 e. The lowest BCUT2D eigenvalue weighted by Crippen LogP contribution is -2.24. The molecule has 0 amide bonds. The average molecular weight is 206 g/mol. The minimum Gasteiger partial charge on any atom is -0.396 e. The number of nitrogens with one attached hydrogen (secondary N) is 1. The maximum absolute atomic E-state index is 8.92. The molecule has 1 aromatic rings. The van der Waals surface area contributed by atoms with Crippen LogP contribution in [0.15, 0.2) is 24.5 Å². The van der Waals surface area contributed by atoms with Crippen LogP contribution >= 0.6 is 0 Å². The third-order valence-corrected chi connectivity index (χ3v) is 3.18. The summed E-state index contributed by atoms with van der Waals surface area (Å²) < 4.78 is 0. The summed E-state index contributed by atoms with van der Waals surface area (Å²) in [7, 11) is 0. The number of nitrogens with zero attached hydrogens (tertiary/aromatic N) is 1. The molecule has 0 radical (unpaired) electrons. The van der Waals surface area contributed by atoms with Gasteiger partial charge < -0.3 is 10.4 Å². The maximum atomic E-state index is 8.92. The number of rotatable bonds is 6. The minimum atomic E-state index is 0.316. The summed E-state index contributed by atoms with van der Waals surface area (Å²) in [5.74, 6) is 0. The smallest absolute Gasteiger partial charge is 0.0436 e. The number of hydrogen-bond donors (Lipinski definition) is 2. The van der Waals surface area contributed by atoms with Crippen molar-refractivity contribution in [1.82, 2.24) is 10.3 Å². The number of hydrogen-bond acceptors (Lipinski definition) is 3. The number of pyridine rings is 1. The van der Waals surface area contributed by atoms with Crippen molar-refractivity contribution in [2.24, 2.45) is 5.41 Å². The summed E-state index contributed by atoms with van der Waals surface area (Å²) in [6.45, 7) is 2.24. The molecule has 15 heavy (non-hydrogen) atoms. The molecule has 0 saturated heterocycles. The molecule has 0 aliphatic heterocycles. The Bertz CT molecular complexity index is 296. The Balaban J connectivity index is 1.71. The summed E-state index contributed by atoms with van der Waals surface area (Å²) >= 11 is 0. The third-order valence-electron chi connectivity index (χ3n) is 3.18. The van der Waals surface area contributed by atoms with E-state index in [1.54, 1.807) is 0 Å². The van der Waals surface area contributed by atoms with Crippen molar-refractivity contribution >= 4 is 0 Å². The first-order chi connectivity index (χ1) is 7.35. The van der Waals surface area contributed by atoms with E-state index in [0.717, 1.165) is 19.5 Å². The zero-order valence-electron chi connectivity index (χ0n) is 8.95. The molecule has 3 heteroatoms. The molecule has 0 atom stereocenters. The molecule has 1 aliphatic rings. The van der Waals surface area contributed by atoms with Gasteiger partial charge in [-0.2, -0.15) is 0 Å². The Kier molecular flexibility index (Phi) is 3.34. The molecule has 0 spiro atoms. The number of aliphatic hydroxyl groups excluding tert-OH is 1. The van der Waals surface area contributed by atoms with Crippen molar-refractivity contribution in [2.75, 3.05) is 13.2 Å². The van der Waals surface area contributed by atoms with Gasteiger partial charge in [0.25, 0.3) is 0 Å². The summed E-state index contributed by atoms with van der Waals surface area (Å²) in [6, 6.07) is 4.05. The first kappa shape index (κ1) is 10.6. The van der Waals surface area contributed by atoms with E-state index in [-0.39, 0.29) is 0 Å². The van der Waals surface area contributed by atoms with Crippen LogP contribution in [0, 0.1) is 5.41 Å². The highest BCUT2D eigenvalue weighted by molar-refractivity contribution is 5.09. The monoisotopic (exact) mass is 206 g/mol. The SMILES string of the molecule is OCCC1(CNCc2ccncc2)CC1. The molecule has 2 rings (SSSR count). The van der Waals surface area contributed by atoms with Gasteiger partial charge in [-0.25, -0.2) is 0 Å². The highest BCUT2D eigenvalue weighted by Gasteiger charge is 2.41. The molecule has 1 saturated carbocycles. The van der Waals surface area contributed by atoms with Gasteiger partial charge in [0.15, 0.2) is 0 Å². The molecule has 1 heterocycles. The van der Waals surface area contributed by atoms with Crippen LogP contribution in [0.1, 0.15) is 24.8 Å². The minimum absolute atomic E-state index is 0.316. The summed E-state index contributed by atoms with van der Waals surface area (Å²) in [5.41, 5.74) is 1.67. The lowest BCUT2D eigenvalue weighted by molar-refractivity contribution is 0.245. The lowest BCUT2D eigenvalue weighted by Gasteiger charge is -2.14. The van der Waals surface area contributed by atoms with Crippen LogP contribution in [0.4, 0.5) is 0 Å². The van der Waals surface area contributed by atoms with Crippen LogP contribution in [0.5, 0.6) is 0 Å². The van der Waals surface area contributed by atoms with Crippen LogP contribution in [0.25, 0.3) is 0 Å². The zero-order valence-corrected chi connectivity index (χ0v) is 8.95. The van der Waals surface area contributed by atoms with Gasteiger partial charge in [-0.15, -0.1) is 0 Å². The molecule has 1 fully saturated rings. The number of aliphatic hydroxyl groups is 1. The fourth-order valence-corrected chi connectivity index (χ4v) is 1.90. The van der Waals surface area contributed by atoms with Crippen molar-refractivity contribution < 1.29 is 5.11 Å². The topological polar surface area (TPSA) is 45.1 Å². The summed E-state index contributed by atoms with van der Waals surface area (Å²) in [4.78, 5) is 3.98. The van der Waals surface area contributed by atoms with Crippen LogP contribution in [0.2, 0.25) is 0 Å². The molecule has 82 valence electrons. The molecule has 0 unspecified atom stereocenters. The first-order valence-electron chi connectivity index (χ1n) is 5.55. The molecule has 1 aromatic heterocycles. The Morgan fingerprint density at radius 2 is 2.07 bits per heavy atom. The highest BCUT2D eigenvalue weighted by Crippen LogP contribution is 2.47. The van der Waals surface area contributed by atoms with E-state index in [0.29, 0.717) is 12.0 Å². The molecular weight excluding hydrogens is 188 g/mol. The van der Waals surface area contributed by atoms with Crippen LogP contribution in [0.3, 0.4) is 0 Å². The van der Waals surface area contributed by atoms with Gasteiger partial charge in [0.05, 0.1) is 0 Å². The van der Waals surface area contributed by atoms with Gasteiger partial charge in [0.1, 0.15) is 0 Å². The van der Waals surface area contributed by atoms with Crippen molar-refractivity contribution in [3.63, 3.8) is 0 Å². The van der Waals surface area contributed by atoms with Gasteiger partial charge >= 0.3 is 0 Å². The van der Waals surface area contributed by atoms with Gasteiger partial charge in [-0.1, -0.05) is 0 Å². The first-order valence-corrected chi connectivity index (χ1v) is 5.55. The molecule has 1 aliphatic carbocycles. The lowest BCUT2D eigenvalue weighted by atomic mass is 10.0. The standard InChI is InChI=1S/C12H18N2O/c15-8-5-12(3-4-12)10-14-9-11-1-6-13-7-2-11/h1-2,6-7,14-15H,3-5,8-10H2. The molecule has 2 N–H and O–H groups in total. The molecule has 0 bridgehead atoms. The largest absolute Gasteiger partial charge is 0.396 e. The van der Waals surface area contributed by atoms with Crippen LogP contribution in [-0.2, 0) is 6.54 Å².